The van der Waals surface area contributed by atoms with Crippen molar-refractivity contribution in [3.05, 3.63) is 83.9 Å². The standard InChI is InChI=1S/C31H37N3/c1-2-34-30-11-7-6-10-28(30)29-22-24(12-17-31(29)34)23-32-18-20-33(21-19-32)27-15-13-26(14-16-27)25-8-4-3-5-9-25/h3-12,17,22,26-27H,2,13-16,18-21,23H2,1H3. The minimum Gasteiger partial charge on any atom is -0.341 e. The van der Waals surface area contributed by atoms with E-state index in [9.17, 15) is 0 Å². The number of hydrogen-bond donors (Lipinski definition) is 0. The van der Waals surface area contributed by atoms with Crippen LogP contribution in [0.2, 0.25) is 0 Å². The lowest BCUT2D eigenvalue weighted by molar-refractivity contribution is 0.0727. The number of aryl methyl sites for hydroxylation is 1. The summed E-state index contributed by atoms with van der Waals surface area (Å²) < 4.78 is 2.44. The largest absolute Gasteiger partial charge is 0.341 e. The molecule has 0 amide bonds. The molecule has 0 spiro atoms. The summed E-state index contributed by atoms with van der Waals surface area (Å²) in [6.45, 7) is 9.14. The van der Waals surface area contributed by atoms with Gasteiger partial charge in [-0.05, 0) is 67.9 Å². The molecule has 0 atom stereocenters. The van der Waals surface area contributed by atoms with Crippen LogP contribution in [-0.4, -0.2) is 46.6 Å². The number of hydrogen-bond acceptors (Lipinski definition) is 2. The van der Waals surface area contributed by atoms with Crippen molar-refractivity contribution in [2.75, 3.05) is 26.2 Å². The molecule has 0 N–H and O–H groups in total. The Hall–Kier alpha value is -2.62. The zero-order valence-corrected chi connectivity index (χ0v) is 20.5. The molecule has 1 aliphatic carbocycles. The van der Waals surface area contributed by atoms with Gasteiger partial charge in [-0.1, -0.05) is 54.6 Å². The molecule has 1 saturated heterocycles. The van der Waals surface area contributed by atoms with Crippen molar-refractivity contribution in [1.82, 2.24) is 14.4 Å². The highest BCUT2D eigenvalue weighted by molar-refractivity contribution is 6.08. The van der Waals surface area contributed by atoms with Gasteiger partial charge in [0.1, 0.15) is 0 Å². The first-order valence-corrected chi connectivity index (χ1v) is 13.3. The predicted molar refractivity (Wildman–Crippen MR) is 143 cm³/mol. The molecule has 0 bridgehead atoms. The predicted octanol–water partition coefficient (Wildman–Crippen LogP) is 6.66. The number of para-hydroxylation sites is 1. The van der Waals surface area contributed by atoms with Gasteiger partial charge in [0.25, 0.3) is 0 Å². The first kappa shape index (κ1) is 21.9. The molecule has 0 unspecified atom stereocenters. The fourth-order valence-electron chi connectivity index (χ4n) is 6.58. The lowest BCUT2D eigenvalue weighted by atomic mass is 9.81. The molecule has 6 rings (SSSR count). The molecule has 1 aliphatic heterocycles. The summed E-state index contributed by atoms with van der Waals surface area (Å²) in [5.41, 5.74) is 5.71. The summed E-state index contributed by atoms with van der Waals surface area (Å²) in [5, 5.41) is 2.79. The average Bonchev–Trinajstić information content (AvgIpc) is 3.23. The van der Waals surface area contributed by atoms with Gasteiger partial charge in [-0.15, -0.1) is 0 Å². The summed E-state index contributed by atoms with van der Waals surface area (Å²) in [6.07, 6.45) is 5.41. The molecule has 3 aromatic carbocycles. The highest BCUT2D eigenvalue weighted by Gasteiger charge is 2.28. The van der Waals surface area contributed by atoms with E-state index in [-0.39, 0.29) is 0 Å². The lowest BCUT2D eigenvalue weighted by Crippen LogP contribution is -2.50. The van der Waals surface area contributed by atoms with Crippen molar-refractivity contribution in [1.29, 1.82) is 0 Å². The molecule has 176 valence electrons. The van der Waals surface area contributed by atoms with Gasteiger partial charge in [0.15, 0.2) is 0 Å². The Labute approximate surface area is 204 Å². The maximum Gasteiger partial charge on any atom is 0.0491 e. The van der Waals surface area contributed by atoms with Crippen LogP contribution in [0.25, 0.3) is 21.8 Å². The van der Waals surface area contributed by atoms with Crippen LogP contribution in [0.1, 0.15) is 49.7 Å². The zero-order chi connectivity index (χ0) is 22.9. The third-order valence-corrected chi connectivity index (χ3v) is 8.45. The van der Waals surface area contributed by atoms with Crippen molar-refractivity contribution in [2.24, 2.45) is 0 Å². The van der Waals surface area contributed by atoms with Crippen LogP contribution in [0.15, 0.2) is 72.8 Å². The summed E-state index contributed by atoms with van der Waals surface area (Å²) in [6, 6.07) is 28.0. The third kappa shape index (κ3) is 4.16. The first-order valence-electron chi connectivity index (χ1n) is 13.3. The van der Waals surface area contributed by atoms with E-state index in [4.69, 9.17) is 0 Å². The van der Waals surface area contributed by atoms with Crippen LogP contribution in [0.3, 0.4) is 0 Å². The summed E-state index contributed by atoms with van der Waals surface area (Å²) >= 11 is 0. The maximum absolute atomic E-state index is 2.79. The summed E-state index contributed by atoms with van der Waals surface area (Å²) in [4.78, 5) is 5.45. The molecule has 2 fully saturated rings. The van der Waals surface area contributed by atoms with Gasteiger partial charge in [0.05, 0.1) is 0 Å². The summed E-state index contributed by atoms with van der Waals surface area (Å²) in [5.74, 6) is 0.771. The fourth-order valence-corrected chi connectivity index (χ4v) is 6.58. The Kier molecular flexibility index (Phi) is 6.15. The normalized spacial score (nSPS) is 22.5. The van der Waals surface area contributed by atoms with Crippen LogP contribution in [0, 0.1) is 0 Å². The summed E-state index contributed by atoms with van der Waals surface area (Å²) in [7, 11) is 0. The molecule has 2 heterocycles. The minimum atomic E-state index is 0.771. The minimum absolute atomic E-state index is 0.771. The molecule has 34 heavy (non-hydrogen) atoms. The van der Waals surface area contributed by atoms with E-state index < -0.39 is 0 Å². The Morgan fingerprint density at radius 2 is 1.41 bits per heavy atom. The van der Waals surface area contributed by atoms with E-state index in [0.717, 1.165) is 25.0 Å². The van der Waals surface area contributed by atoms with E-state index in [1.807, 2.05) is 0 Å². The van der Waals surface area contributed by atoms with Crippen LogP contribution in [-0.2, 0) is 13.1 Å². The van der Waals surface area contributed by atoms with Gasteiger partial charge in [0, 0.05) is 67.1 Å². The molecule has 1 saturated carbocycles. The molecule has 1 aromatic heterocycles. The van der Waals surface area contributed by atoms with E-state index in [1.54, 1.807) is 5.56 Å². The molecular formula is C31H37N3. The van der Waals surface area contributed by atoms with Crippen molar-refractivity contribution >= 4 is 21.8 Å². The van der Waals surface area contributed by atoms with Gasteiger partial charge in [-0.2, -0.15) is 0 Å². The third-order valence-electron chi connectivity index (χ3n) is 8.45. The second-order valence-electron chi connectivity index (χ2n) is 10.3. The van der Waals surface area contributed by atoms with Crippen molar-refractivity contribution in [2.45, 2.75) is 57.7 Å². The smallest absolute Gasteiger partial charge is 0.0491 e. The molecule has 2 aliphatic rings. The maximum atomic E-state index is 2.79. The number of benzene rings is 3. The average molecular weight is 452 g/mol. The number of piperazine rings is 1. The van der Waals surface area contributed by atoms with Gasteiger partial charge >= 0.3 is 0 Å². The van der Waals surface area contributed by atoms with Crippen LogP contribution >= 0.6 is 0 Å². The number of aromatic nitrogens is 1. The topological polar surface area (TPSA) is 11.4 Å². The van der Waals surface area contributed by atoms with E-state index in [1.165, 1.54) is 79.2 Å². The Bertz CT molecular complexity index is 1240. The first-order chi connectivity index (χ1) is 16.8. The fraction of sp³-hybridized carbons (Fsp3) is 0.419. The zero-order valence-electron chi connectivity index (χ0n) is 20.5. The lowest BCUT2D eigenvalue weighted by Gasteiger charge is -2.42. The number of rotatable bonds is 5. The highest BCUT2D eigenvalue weighted by atomic mass is 15.3. The van der Waals surface area contributed by atoms with Gasteiger partial charge in [-0.3, -0.25) is 9.80 Å². The van der Waals surface area contributed by atoms with Crippen LogP contribution in [0.4, 0.5) is 0 Å². The van der Waals surface area contributed by atoms with Crippen LogP contribution in [0.5, 0.6) is 0 Å². The Morgan fingerprint density at radius 1 is 0.706 bits per heavy atom. The molecular weight excluding hydrogens is 414 g/mol. The number of nitrogens with zero attached hydrogens (tertiary/aromatic N) is 3. The van der Waals surface area contributed by atoms with Crippen molar-refractivity contribution in [3.8, 4) is 0 Å². The van der Waals surface area contributed by atoms with Crippen molar-refractivity contribution < 1.29 is 0 Å². The monoisotopic (exact) mass is 451 g/mol. The van der Waals surface area contributed by atoms with E-state index in [0.29, 0.717) is 0 Å². The second-order valence-corrected chi connectivity index (χ2v) is 10.3. The van der Waals surface area contributed by atoms with Gasteiger partial charge in [0.2, 0.25) is 0 Å². The number of fused-ring (bicyclic) bond motifs is 3. The van der Waals surface area contributed by atoms with Crippen LogP contribution < -0.4 is 0 Å². The highest BCUT2D eigenvalue weighted by Crippen LogP contribution is 2.35. The van der Waals surface area contributed by atoms with Gasteiger partial charge in [-0.25, -0.2) is 0 Å². The molecule has 4 aromatic rings. The van der Waals surface area contributed by atoms with E-state index >= 15 is 0 Å². The SMILES string of the molecule is CCn1c2ccccc2c2cc(CN3CCN(C4CCC(c5ccccc5)CC4)CC3)ccc21. The Morgan fingerprint density at radius 3 is 2.18 bits per heavy atom. The molecule has 3 nitrogen and oxygen atoms in total. The molecule has 3 heteroatoms. The van der Waals surface area contributed by atoms with E-state index in [2.05, 4.69) is 94.1 Å². The molecule has 0 radical (unpaired) electrons. The Balaban J connectivity index is 1.07. The quantitative estimate of drug-likeness (QED) is 0.336. The van der Waals surface area contributed by atoms with Crippen molar-refractivity contribution in [3.63, 3.8) is 0 Å². The van der Waals surface area contributed by atoms with Gasteiger partial charge < -0.3 is 4.57 Å². The second kappa shape index (κ2) is 9.56.